The van der Waals surface area contributed by atoms with Crippen molar-refractivity contribution < 1.29 is 18.7 Å². The SMILES string of the molecule is O=C(CN1CCN(C(=O)c2ccco2)CC1)Nc1ccc(N2CCOCC2)cc1. The van der Waals surface area contributed by atoms with Crippen molar-refractivity contribution in [2.45, 2.75) is 0 Å². The molecule has 2 aromatic rings. The summed E-state index contributed by atoms with van der Waals surface area (Å²) in [6, 6.07) is 11.3. The molecule has 0 radical (unpaired) electrons. The highest BCUT2D eigenvalue weighted by Crippen LogP contribution is 2.19. The molecule has 1 aromatic carbocycles. The molecule has 0 spiro atoms. The van der Waals surface area contributed by atoms with Gasteiger partial charge >= 0.3 is 0 Å². The number of hydrogen-bond acceptors (Lipinski definition) is 6. The van der Waals surface area contributed by atoms with Crippen molar-refractivity contribution in [1.29, 1.82) is 0 Å². The van der Waals surface area contributed by atoms with Gasteiger partial charge in [0.2, 0.25) is 5.91 Å². The molecule has 0 unspecified atom stereocenters. The minimum Gasteiger partial charge on any atom is -0.459 e. The second-order valence-electron chi connectivity index (χ2n) is 7.24. The van der Waals surface area contributed by atoms with Crippen LogP contribution in [0.5, 0.6) is 0 Å². The summed E-state index contributed by atoms with van der Waals surface area (Å²) in [6.07, 6.45) is 1.50. The van der Waals surface area contributed by atoms with Gasteiger partial charge < -0.3 is 24.3 Å². The smallest absolute Gasteiger partial charge is 0.289 e. The minimum atomic E-state index is -0.0977. The minimum absolute atomic E-state index is 0.0464. The predicted molar refractivity (Wildman–Crippen MR) is 109 cm³/mol. The number of morpholine rings is 1. The highest BCUT2D eigenvalue weighted by molar-refractivity contribution is 5.93. The average molecular weight is 398 g/mol. The van der Waals surface area contributed by atoms with Crippen LogP contribution < -0.4 is 10.2 Å². The zero-order valence-corrected chi connectivity index (χ0v) is 16.4. The molecule has 2 amide bonds. The number of benzene rings is 1. The first-order valence-corrected chi connectivity index (χ1v) is 9.97. The van der Waals surface area contributed by atoms with E-state index in [4.69, 9.17) is 9.15 Å². The topological polar surface area (TPSA) is 78.3 Å². The predicted octanol–water partition coefficient (Wildman–Crippen LogP) is 1.51. The Morgan fingerprint density at radius 1 is 0.931 bits per heavy atom. The quantitative estimate of drug-likeness (QED) is 0.823. The summed E-state index contributed by atoms with van der Waals surface area (Å²) in [5.41, 5.74) is 1.93. The van der Waals surface area contributed by atoms with E-state index in [1.54, 1.807) is 17.0 Å². The number of carbonyl (C=O) groups is 2. The standard InChI is InChI=1S/C21H26N4O4/c26-20(22-17-3-5-18(6-4-17)24-11-14-28-15-12-24)16-23-7-9-25(10-8-23)21(27)19-2-1-13-29-19/h1-6,13H,7-12,14-16H2,(H,22,26). The lowest BCUT2D eigenvalue weighted by Gasteiger charge is -2.33. The van der Waals surface area contributed by atoms with Gasteiger partial charge in [-0.15, -0.1) is 0 Å². The molecular weight excluding hydrogens is 372 g/mol. The molecule has 0 atom stereocenters. The van der Waals surface area contributed by atoms with E-state index >= 15 is 0 Å². The second-order valence-corrected chi connectivity index (χ2v) is 7.24. The second kappa shape index (κ2) is 9.11. The number of rotatable bonds is 5. The van der Waals surface area contributed by atoms with Crippen LogP contribution in [0.4, 0.5) is 11.4 Å². The third kappa shape index (κ3) is 4.96. The van der Waals surface area contributed by atoms with Crippen molar-refractivity contribution in [2.75, 3.05) is 69.2 Å². The molecule has 2 fully saturated rings. The Labute approximate surface area is 170 Å². The Morgan fingerprint density at radius 3 is 2.31 bits per heavy atom. The molecular formula is C21H26N4O4. The third-order valence-electron chi connectivity index (χ3n) is 5.29. The van der Waals surface area contributed by atoms with Crippen molar-refractivity contribution in [2.24, 2.45) is 0 Å². The van der Waals surface area contributed by atoms with E-state index in [2.05, 4.69) is 15.1 Å². The van der Waals surface area contributed by atoms with E-state index in [9.17, 15) is 9.59 Å². The van der Waals surface area contributed by atoms with Gasteiger partial charge in [0, 0.05) is 50.6 Å². The van der Waals surface area contributed by atoms with Crippen molar-refractivity contribution in [3.05, 3.63) is 48.4 Å². The molecule has 1 N–H and O–H groups in total. The van der Waals surface area contributed by atoms with E-state index in [-0.39, 0.29) is 11.8 Å². The first kappa shape index (κ1) is 19.5. The summed E-state index contributed by atoms with van der Waals surface area (Å²) in [5.74, 6) is 0.214. The Morgan fingerprint density at radius 2 is 1.66 bits per heavy atom. The molecule has 29 heavy (non-hydrogen) atoms. The fourth-order valence-corrected chi connectivity index (χ4v) is 3.65. The van der Waals surface area contributed by atoms with Crippen LogP contribution in [0.25, 0.3) is 0 Å². The maximum absolute atomic E-state index is 12.4. The van der Waals surface area contributed by atoms with Gasteiger partial charge in [0.1, 0.15) is 0 Å². The van der Waals surface area contributed by atoms with Crippen LogP contribution in [0.1, 0.15) is 10.6 Å². The van der Waals surface area contributed by atoms with Gasteiger partial charge in [-0.05, 0) is 36.4 Å². The van der Waals surface area contributed by atoms with E-state index < -0.39 is 0 Å². The number of furan rings is 1. The highest BCUT2D eigenvalue weighted by Gasteiger charge is 2.24. The fraction of sp³-hybridized carbons (Fsp3) is 0.429. The van der Waals surface area contributed by atoms with E-state index in [1.807, 2.05) is 24.3 Å². The molecule has 8 heteroatoms. The Balaban J connectivity index is 1.22. The zero-order chi connectivity index (χ0) is 20.1. The van der Waals surface area contributed by atoms with Crippen LogP contribution in [0.3, 0.4) is 0 Å². The van der Waals surface area contributed by atoms with Gasteiger partial charge in [-0.2, -0.15) is 0 Å². The molecule has 1 aromatic heterocycles. The van der Waals surface area contributed by atoms with Crippen molar-refractivity contribution >= 4 is 23.2 Å². The number of nitrogens with one attached hydrogen (secondary N) is 1. The molecule has 3 heterocycles. The fourth-order valence-electron chi connectivity index (χ4n) is 3.65. The summed E-state index contributed by atoms with van der Waals surface area (Å²) in [7, 11) is 0. The molecule has 2 aliphatic heterocycles. The van der Waals surface area contributed by atoms with Gasteiger partial charge in [0.25, 0.3) is 5.91 Å². The maximum Gasteiger partial charge on any atom is 0.289 e. The number of piperazine rings is 1. The van der Waals surface area contributed by atoms with Gasteiger partial charge in [0.15, 0.2) is 5.76 Å². The number of nitrogens with zero attached hydrogens (tertiary/aromatic N) is 3. The lowest BCUT2D eigenvalue weighted by molar-refractivity contribution is -0.117. The Bertz CT molecular complexity index is 808. The summed E-state index contributed by atoms with van der Waals surface area (Å²) in [6.45, 7) is 6.08. The largest absolute Gasteiger partial charge is 0.459 e. The highest BCUT2D eigenvalue weighted by atomic mass is 16.5. The first-order chi connectivity index (χ1) is 14.2. The van der Waals surface area contributed by atoms with Gasteiger partial charge in [-0.1, -0.05) is 0 Å². The Kier molecular flexibility index (Phi) is 6.12. The lowest BCUT2D eigenvalue weighted by atomic mass is 10.2. The van der Waals surface area contributed by atoms with Gasteiger partial charge in [-0.3, -0.25) is 14.5 Å². The molecule has 0 aliphatic carbocycles. The summed E-state index contributed by atoms with van der Waals surface area (Å²) >= 11 is 0. The number of carbonyl (C=O) groups excluding carboxylic acids is 2. The van der Waals surface area contributed by atoms with Crippen LogP contribution in [0.2, 0.25) is 0 Å². The molecule has 2 aliphatic rings. The van der Waals surface area contributed by atoms with E-state index in [1.165, 1.54) is 6.26 Å². The molecule has 4 rings (SSSR count). The third-order valence-corrected chi connectivity index (χ3v) is 5.29. The average Bonchev–Trinajstić information content (AvgIpc) is 3.30. The number of amides is 2. The molecule has 2 saturated heterocycles. The normalized spacial score (nSPS) is 17.9. The lowest BCUT2D eigenvalue weighted by Crippen LogP contribution is -2.50. The molecule has 8 nitrogen and oxygen atoms in total. The molecule has 154 valence electrons. The first-order valence-electron chi connectivity index (χ1n) is 9.97. The van der Waals surface area contributed by atoms with Crippen molar-refractivity contribution in [3.63, 3.8) is 0 Å². The van der Waals surface area contributed by atoms with Crippen LogP contribution in [-0.4, -0.2) is 80.6 Å². The van der Waals surface area contributed by atoms with Crippen molar-refractivity contribution in [3.8, 4) is 0 Å². The number of anilines is 2. The molecule has 0 bridgehead atoms. The monoisotopic (exact) mass is 398 g/mol. The van der Waals surface area contributed by atoms with Crippen molar-refractivity contribution in [1.82, 2.24) is 9.80 Å². The van der Waals surface area contributed by atoms with Crippen LogP contribution in [0.15, 0.2) is 47.1 Å². The summed E-state index contributed by atoms with van der Waals surface area (Å²) in [4.78, 5) is 30.8. The van der Waals surface area contributed by atoms with Gasteiger partial charge in [-0.25, -0.2) is 0 Å². The summed E-state index contributed by atoms with van der Waals surface area (Å²) in [5, 5.41) is 2.96. The summed E-state index contributed by atoms with van der Waals surface area (Å²) < 4.78 is 10.6. The van der Waals surface area contributed by atoms with Gasteiger partial charge in [0.05, 0.1) is 26.0 Å². The van der Waals surface area contributed by atoms with E-state index in [0.717, 1.165) is 37.7 Å². The molecule has 0 saturated carbocycles. The maximum atomic E-state index is 12.4. The van der Waals surface area contributed by atoms with Crippen LogP contribution in [0, 0.1) is 0 Å². The Hall–Kier alpha value is -2.84. The van der Waals surface area contributed by atoms with Crippen LogP contribution in [-0.2, 0) is 9.53 Å². The zero-order valence-electron chi connectivity index (χ0n) is 16.4. The number of ether oxygens (including phenoxy) is 1. The van der Waals surface area contributed by atoms with Crippen LogP contribution >= 0.6 is 0 Å². The van der Waals surface area contributed by atoms with E-state index in [0.29, 0.717) is 38.5 Å². The number of hydrogen-bond donors (Lipinski definition) is 1.